The van der Waals surface area contributed by atoms with Gasteiger partial charge in [-0.2, -0.15) is 0 Å². The number of hydrogen-bond acceptors (Lipinski definition) is 2. The Morgan fingerprint density at radius 1 is 1.24 bits per heavy atom. The highest BCUT2D eigenvalue weighted by atomic mass is 16.4. The standard InChI is InChI=1S/C16H30N2O3/c1-11(2)7-6-10-17-15(21)18-16(14(19)20)12(3)8-5-9-13(16)4/h11-13H,5-10H2,1-4H3,(H,19,20)(H2,17,18,21). The molecule has 0 aromatic rings. The van der Waals surface area contributed by atoms with E-state index in [9.17, 15) is 14.7 Å². The largest absolute Gasteiger partial charge is 0.479 e. The maximum Gasteiger partial charge on any atom is 0.330 e. The van der Waals surface area contributed by atoms with Gasteiger partial charge in [0.1, 0.15) is 5.54 Å². The Bertz CT molecular complexity index is 359. The van der Waals surface area contributed by atoms with Crippen molar-refractivity contribution < 1.29 is 14.7 Å². The molecule has 1 aliphatic rings. The predicted octanol–water partition coefficient (Wildman–Crippen LogP) is 3.00. The van der Waals surface area contributed by atoms with E-state index in [1.165, 1.54) is 0 Å². The van der Waals surface area contributed by atoms with E-state index in [0.29, 0.717) is 12.5 Å². The molecule has 2 amide bonds. The molecular formula is C16H30N2O3. The monoisotopic (exact) mass is 298 g/mol. The zero-order valence-electron chi connectivity index (χ0n) is 13.7. The van der Waals surface area contributed by atoms with Crippen LogP contribution in [0.3, 0.4) is 0 Å². The summed E-state index contributed by atoms with van der Waals surface area (Å²) >= 11 is 0. The molecule has 2 atom stereocenters. The molecule has 5 heteroatoms. The lowest BCUT2D eigenvalue weighted by atomic mass is 9.67. The van der Waals surface area contributed by atoms with E-state index in [1.807, 2.05) is 13.8 Å². The topological polar surface area (TPSA) is 78.4 Å². The quantitative estimate of drug-likeness (QED) is 0.660. The molecule has 0 aromatic carbocycles. The zero-order valence-corrected chi connectivity index (χ0v) is 13.7. The van der Waals surface area contributed by atoms with Gasteiger partial charge in [-0.1, -0.05) is 34.1 Å². The van der Waals surface area contributed by atoms with E-state index < -0.39 is 11.5 Å². The fraction of sp³-hybridized carbons (Fsp3) is 0.875. The molecule has 1 aliphatic carbocycles. The lowest BCUT2D eigenvalue weighted by molar-refractivity contribution is -0.151. The summed E-state index contributed by atoms with van der Waals surface area (Å²) in [7, 11) is 0. The van der Waals surface area contributed by atoms with Gasteiger partial charge >= 0.3 is 12.0 Å². The van der Waals surface area contributed by atoms with Crippen molar-refractivity contribution in [3.05, 3.63) is 0 Å². The second-order valence-electron chi connectivity index (χ2n) is 6.82. The minimum atomic E-state index is -1.14. The van der Waals surface area contributed by atoms with Crippen LogP contribution in [0.1, 0.15) is 59.8 Å². The number of carboxylic acids is 1. The van der Waals surface area contributed by atoms with Crippen LogP contribution in [0, 0.1) is 17.8 Å². The smallest absolute Gasteiger partial charge is 0.330 e. The first-order chi connectivity index (χ1) is 9.80. The summed E-state index contributed by atoms with van der Waals surface area (Å²) in [6.45, 7) is 8.71. The molecule has 0 aromatic heterocycles. The highest BCUT2D eigenvalue weighted by Gasteiger charge is 2.51. The van der Waals surface area contributed by atoms with E-state index >= 15 is 0 Å². The first-order valence-electron chi connectivity index (χ1n) is 8.10. The molecule has 122 valence electrons. The summed E-state index contributed by atoms with van der Waals surface area (Å²) in [5.74, 6) is -0.418. The van der Waals surface area contributed by atoms with Gasteiger partial charge in [-0.05, 0) is 43.4 Å². The average molecular weight is 298 g/mol. The van der Waals surface area contributed by atoms with Gasteiger partial charge in [0, 0.05) is 6.54 Å². The molecule has 1 saturated carbocycles. The third-order valence-corrected chi connectivity index (χ3v) is 4.75. The highest BCUT2D eigenvalue weighted by molar-refractivity contribution is 5.87. The van der Waals surface area contributed by atoms with E-state index in [1.54, 1.807) is 0 Å². The summed E-state index contributed by atoms with van der Waals surface area (Å²) in [6.07, 6.45) is 4.66. The molecule has 1 fully saturated rings. The van der Waals surface area contributed by atoms with Crippen LogP contribution in [0.25, 0.3) is 0 Å². The van der Waals surface area contributed by atoms with Gasteiger partial charge < -0.3 is 15.7 Å². The summed E-state index contributed by atoms with van der Waals surface area (Å²) < 4.78 is 0. The second kappa shape index (κ2) is 7.66. The number of amides is 2. The number of rotatable bonds is 6. The normalized spacial score (nSPS) is 29.2. The van der Waals surface area contributed by atoms with E-state index in [-0.39, 0.29) is 17.9 Å². The molecular weight excluding hydrogens is 268 g/mol. The SMILES string of the molecule is CC(C)CCCNC(=O)NC1(C(=O)O)C(C)CCCC1C. The molecule has 3 N–H and O–H groups in total. The van der Waals surface area contributed by atoms with Crippen molar-refractivity contribution in [3.8, 4) is 0 Å². The summed E-state index contributed by atoms with van der Waals surface area (Å²) in [6, 6.07) is -0.359. The molecule has 2 unspecified atom stereocenters. The number of nitrogens with one attached hydrogen (secondary N) is 2. The molecule has 0 bridgehead atoms. The molecule has 0 spiro atoms. The van der Waals surface area contributed by atoms with Crippen molar-refractivity contribution in [2.75, 3.05) is 6.54 Å². The molecule has 5 nitrogen and oxygen atoms in total. The Labute approximate surface area is 127 Å². The lowest BCUT2D eigenvalue weighted by Crippen LogP contribution is -2.65. The van der Waals surface area contributed by atoms with Crippen molar-refractivity contribution >= 4 is 12.0 Å². The van der Waals surface area contributed by atoms with Gasteiger partial charge in [0.2, 0.25) is 0 Å². The first-order valence-corrected chi connectivity index (χ1v) is 8.10. The molecule has 0 radical (unpaired) electrons. The summed E-state index contributed by atoms with van der Waals surface area (Å²) in [5.41, 5.74) is -1.14. The van der Waals surface area contributed by atoms with E-state index in [2.05, 4.69) is 24.5 Å². The number of urea groups is 1. The van der Waals surface area contributed by atoms with Crippen molar-refractivity contribution in [1.29, 1.82) is 0 Å². The van der Waals surface area contributed by atoms with Gasteiger partial charge in [0.15, 0.2) is 0 Å². The summed E-state index contributed by atoms with van der Waals surface area (Å²) in [4.78, 5) is 23.9. The van der Waals surface area contributed by atoms with Gasteiger partial charge in [0.25, 0.3) is 0 Å². The summed E-state index contributed by atoms with van der Waals surface area (Å²) in [5, 5.41) is 15.2. The molecule has 1 rings (SSSR count). The van der Waals surface area contributed by atoms with Crippen LogP contribution in [0.4, 0.5) is 4.79 Å². The first kappa shape index (κ1) is 17.8. The lowest BCUT2D eigenvalue weighted by Gasteiger charge is -2.44. The third kappa shape index (κ3) is 4.35. The Kier molecular flexibility index (Phi) is 6.49. The maximum absolute atomic E-state index is 12.1. The van der Waals surface area contributed by atoms with Crippen LogP contribution < -0.4 is 10.6 Å². The van der Waals surface area contributed by atoms with Crippen molar-refractivity contribution in [2.45, 2.75) is 65.3 Å². The zero-order chi connectivity index (χ0) is 16.0. The third-order valence-electron chi connectivity index (χ3n) is 4.75. The number of aliphatic carboxylic acids is 1. The Balaban J connectivity index is 2.62. The van der Waals surface area contributed by atoms with Crippen LogP contribution in [-0.4, -0.2) is 29.2 Å². The van der Waals surface area contributed by atoms with Gasteiger partial charge in [0.05, 0.1) is 0 Å². The van der Waals surface area contributed by atoms with Crippen molar-refractivity contribution in [1.82, 2.24) is 10.6 Å². The van der Waals surface area contributed by atoms with Crippen LogP contribution in [-0.2, 0) is 4.79 Å². The fourth-order valence-corrected chi connectivity index (χ4v) is 3.34. The average Bonchev–Trinajstić information content (AvgIpc) is 2.38. The molecule has 0 saturated heterocycles. The van der Waals surface area contributed by atoms with Crippen molar-refractivity contribution in [3.63, 3.8) is 0 Å². The van der Waals surface area contributed by atoms with Crippen LogP contribution in [0.5, 0.6) is 0 Å². The van der Waals surface area contributed by atoms with Crippen LogP contribution >= 0.6 is 0 Å². The minimum absolute atomic E-state index is 0.0554. The number of carbonyl (C=O) groups is 2. The number of carboxylic acid groups (broad SMARTS) is 1. The van der Waals surface area contributed by atoms with Gasteiger partial charge in [-0.3, -0.25) is 0 Å². The highest BCUT2D eigenvalue weighted by Crippen LogP contribution is 2.38. The van der Waals surface area contributed by atoms with E-state index in [4.69, 9.17) is 0 Å². The van der Waals surface area contributed by atoms with Gasteiger partial charge in [-0.25, -0.2) is 9.59 Å². The predicted molar refractivity (Wildman–Crippen MR) is 83.2 cm³/mol. The Morgan fingerprint density at radius 3 is 2.29 bits per heavy atom. The minimum Gasteiger partial charge on any atom is -0.479 e. The van der Waals surface area contributed by atoms with Crippen molar-refractivity contribution in [2.24, 2.45) is 17.8 Å². The maximum atomic E-state index is 12.1. The fourth-order valence-electron chi connectivity index (χ4n) is 3.34. The number of carbonyl (C=O) groups excluding carboxylic acids is 1. The van der Waals surface area contributed by atoms with Crippen LogP contribution in [0.2, 0.25) is 0 Å². The van der Waals surface area contributed by atoms with E-state index in [0.717, 1.165) is 32.1 Å². The van der Waals surface area contributed by atoms with Gasteiger partial charge in [-0.15, -0.1) is 0 Å². The molecule has 21 heavy (non-hydrogen) atoms. The molecule has 0 aliphatic heterocycles. The molecule has 0 heterocycles. The number of hydrogen-bond donors (Lipinski definition) is 3. The second-order valence-corrected chi connectivity index (χ2v) is 6.82. The Morgan fingerprint density at radius 2 is 1.81 bits per heavy atom. The Hall–Kier alpha value is -1.26. The van der Waals surface area contributed by atoms with Crippen LogP contribution in [0.15, 0.2) is 0 Å².